The molecule has 0 radical (unpaired) electrons. The van der Waals surface area contributed by atoms with Crippen molar-refractivity contribution in [1.82, 2.24) is 0 Å². The molecule has 0 aliphatic heterocycles. The van der Waals surface area contributed by atoms with E-state index in [9.17, 15) is 0 Å². The minimum Gasteiger partial charge on any atom is -0.454 e. The zero-order valence-corrected chi connectivity index (χ0v) is 11.5. The summed E-state index contributed by atoms with van der Waals surface area (Å²) in [5.41, 5.74) is 2.19. The highest BCUT2D eigenvalue weighted by molar-refractivity contribution is 6.12. The zero-order valence-electron chi connectivity index (χ0n) is 11.5. The molecule has 0 saturated carbocycles. The Hall–Kier alpha value is -2.99. The fraction of sp³-hybridized carbons (Fsp3) is 0.0556. The summed E-state index contributed by atoms with van der Waals surface area (Å²) < 4.78 is 5.76. The Labute approximate surface area is 122 Å². The number of hydrogen-bond donors (Lipinski definition) is 0. The molecular weight excluding hydrogens is 262 g/mol. The zero-order chi connectivity index (χ0) is 14.5. The van der Waals surface area contributed by atoms with Crippen LogP contribution in [0.1, 0.15) is 11.3 Å². The maximum absolute atomic E-state index is 5.76. The van der Waals surface area contributed by atoms with Crippen molar-refractivity contribution in [2.75, 3.05) is 7.11 Å². The van der Waals surface area contributed by atoms with Crippen LogP contribution in [0.3, 0.4) is 0 Å². The van der Waals surface area contributed by atoms with E-state index in [2.05, 4.69) is 17.0 Å². The molecule has 1 heterocycles. The molecule has 0 spiro atoms. The topological polar surface area (TPSA) is 34.7 Å². The first-order chi connectivity index (χ1) is 10.4. The van der Waals surface area contributed by atoms with Gasteiger partial charge in [-0.2, -0.15) is 0 Å². The van der Waals surface area contributed by atoms with Crippen molar-refractivity contribution in [1.29, 1.82) is 0 Å². The van der Waals surface area contributed by atoms with Crippen LogP contribution in [0.5, 0.6) is 0 Å². The largest absolute Gasteiger partial charge is 0.454 e. The number of rotatable bonds is 2. The number of benzene rings is 2. The molecule has 1 aromatic heterocycles. The van der Waals surface area contributed by atoms with Crippen LogP contribution in [0.25, 0.3) is 11.0 Å². The van der Waals surface area contributed by atoms with Gasteiger partial charge in [0, 0.05) is 10.9 Å². The number of para-hydroxylation sites is 1. The van der Waals surface area contributed by atoms with Gasteiger partial charge in [-0.05, 0) is 30.2 Å². The van der Waals surface area contributed by atoms with Gasteiger partial charge in [0.25, 0.3) is 0 Å². The van der Waals surface area contributed by atoms with Crippen molar-refractivity contribution in [2.45, 2.75) is 0 Å². The molecular formula is C18H13NO2. The Balaban J connectivity index is 1.99. The van der Waals surface area contributed by atoms with E-state index in [1.54, 1.807) is 0 Å². The lowest BCUT2D eigenvalue weighted by atomic mass is 10.2. The monoisotopic (exact) mass is 275 g/mol. The lowest BCUT2D eigenvalue weighted by molar-refractivity contribution is 0.213. The average Bonchev–Trinajstić information content (AvgIpc) is 2.96. The first-order valence-corrected chi connectivity index (χ1v) is 6.54. The molecule has 3 nitrogen and oxygen atoms in total. The average molecular weight is 275 g/mol. The van der Waals surface area contributed by atoms with E-state index >= 15 is 0 Å². The highest BCUT2D eigenvalue weighted by atomic mass is 16.6. The van der Waals surface area contributed by atoms with Crippen LogP contribution in [0, 0.1) is 11.8 Å². The third-order valence-electron chi connectivity index (χ3n) is 2.94. The van der Waals surface area contributed by atoms with Gasteiger partial charge in [0.05, 0.1) is 0 Å². The van der Waals surface area contributed by atoms with Crippen molar-refractivity contribution in [3.8, 4) is 11.8 Å². The number of oxime groups is 1. The van der Waals surface area contributed by atoms with Gasteiger partial charge >= 0.3 is 0 Å². The summed E-state index contributed by atoms with van der Waals surface area (Å²) in [6.07, 6.45) is 0. The summed E-state index contributed by atoms with van der Waals surface area (Å²) >= 11 is 0. The Morgan fingerprint density at radius 2 is 1.81 bits per heavy atom. The second-order valence-corrected chi connectivity index (χ2v) is 4.39. The molecule has 2 aromatic carbocycles. The molecule has 0 aliphatic carbocycles. The van der Waals surface area contributed by atoms with Crippen LogP contribution in [0.4, 0.5) is 0 Å². The fourth-order valence-corrected chi connectivity index (χ4v) is 1.97. The van der Waals surface area contributed by atoms with Gasteiger partial charge < -0.3 is 9.25 Å². The first-order valence-electron chi connectivity index (χ1n) is 6.54. The quantitative estimate of drug-likeness (QED) is 0.404. The van der Waals surface area contributed by atoms with Crippen LogP contribution in [0.15, 0.2) is 70.2 Å². The molecule has 3 aromatic rings. The maximum Gasteiger partial charge on any atom is 0.195 e. The summed E-state index contributed by atoms with van der Waals surface area (Å²) in [6, 6.07) is 19.4. The summed E-state index contributed by atoms with van der Waals surface area (Å²) in [6.45, 7) is 0. The smallest absolute Gasteiger partial charge is 0.195 e. The summed E-state index contributed by atoms with van der Waals surface area (Å²) in [5, 5.41) is 4.97. The lowest BCUT2D eigenvalue weighted by Gasteiger charge is -1.93. The Morgan fingerprint density at radius 1 is 1.05 bits per heavy atom. The first kappa shape index (κ1) is 13.0. The van der Waals surface area contributed by atoms with E-state index < -0.39 is 0 Å². The molecule has 0 unspecified atom stereocenters. The van der Waals surface area contributed by atoms with Crippen molar-refractivity contribution < 1.29 is 9.25 Å². The number of fused-ring (bicyclic) bond motifs is 1. The fourth-order valence-electron chi connectivity index (χ4n) is 1.97. The van der Waals surface area contributed by atoms with Gasteiger partial charge in [-0.3, -0.25) is 0 Å². The molecule has 102 valence electrons. The van der Waals surface area contributed by atoms with Crippen molar-refractivity contribution in [3.05, 3.63) is 72.0 Å². The van der Waals surface area contributed by atoms with Gasteiger partial charge in [0.1, 0.15) is 12.7 Å². The van der Waals surface area contributed by atoms with Gasteiger partial charge in [0.15, 0.2) is 11.5 Å². The highest BCUT2D eigenvalue weighted by Gasteiger charge is 2.08. The van der Waals surface area contributed by atoms with Crippen molar-refractivity contribution >= 4 is 16.7 Å². The molecule has 0 atom stereocenters. The van der Waals surface area contributed by atoms with Crippen LogP contribution >= 0.6 is 0 Å². The normalized spacial score (nSPS) is 11.0. The van der Waals surface area contributed by atoms with E-state index in [0.29, 0.717) is 11.5 Å². The minimum atomic E-state index is 0.470. The predicted molar refractivity (Wildman–Crippen MR) is 83.1 cm³/mol. The molecule has 21 heavy (non-hydrogen) atoms. The third-order valence-corrected chi connectivity index (χ3v) is 2.94. The Bertz CT molecular complexity index is 803. The maximum atomic E-state index is 5.76. The molecule has 3 rings (SSSR count). The standard InChI is InChI=1S/C18H13NO2/c1-20-19-16(12-11-14-7-3-2-4-8-14)18-13-15-9-5-6-10-17(15)21-18/h2-10,13H,1H3/b19-16+. The van der Waals surface area contributed by atoms with Crippen molar-refractivity contribution in [3.63, 3.8) is 0 Å². The summed E-state index contributed by atoms with van der Waals surface area (Å²) in [5.74, 6) is 6.65. The van der Waals surface area contributed by atoms with E-state index in [1.165, 1.54) is 7.11 Å². The molecule has 0 N–H and O–H groups in total. The van der Waals surface area contributed by atoms with E-state index in [0.717, 1.165) is 16.5 Å². The second-order valence-electron chi connectivity index (χ2n) is 4.39. The van der Waals surface area contributed by atoms with E-state index in [1.807, 2.05) is 60.7 Å². The summed E-state index contributed by atoms with van der Waals surface area (Å²) in [7, 11) is 1.49. The predicted octanol–water partition coefficient (Wildman–Crippen LogP) is 3.84. The molecule has 0 aliphatic rings. The highest BCUT2D eigenvalue weighted by Crippen LogP contribution is 2.19. The van der Waals surface area contributed by atoms with Crippen LogP contribution in [0.2, 0.25) is 0 Å². The van der Waals surface area contributed by atoms with Gasteiger partial charge in [0.2, 0.25) is 0 Å². The third kappa shape index (κ3) is 2.96. The van der Waals surface area contributed by atoms with Gasteiger partial charge in [-0.25, -0.2) is 0 Å². The Morgan fingerprint density at radius 3 is 2.57 bits per heavy atom. The minimum absolute atomic E-state index is 0.470. The van der Waals surface area contributed by atoms with Crippen LogP contribution < -0.4 is 0 Å². The summed E-state index contributed by atoms with van der Waals surface area (Å²) in [4.78, 5) is 4.87. The van der Waals surface area contributed by atoms with Gasteiger partial charge in [-0.15, -0.1) is 0 Å². The van der Waals surface area contributed by atoms with Crippen LogP contribution in [-0.2, 0) is 4.84 Å². The molecule has 0 saturated heterocycles. The van der Waals surface area contributed by atoms with E-state index in [-0.39, 0.29) is 0 Å². The number of nitrogens with zero attached hydrogens (tertiary/aromatic N) is 1. The van der Waals surface area contributed by atoms with Crippen LogP contribution in [-0.4, -0.2) is 12.8 Å². The SMILES string of the molecule is CO/N=C(\C#Cc1ccccc1)c1cc2ccccc2o1. The molecule has 3 heteroatoms. The van der Waals surface area contributed by atoms with Crippen molar-refractivity contribution in [2.24, 2.45) is 5.16 Å². The molecule has 0 amide bonds. The van der Waals surface area contributed by atoms with E-state index in [4.69, 9.17) is 9.25 Å². The molecule has 0 bridgehead atoms. The number of hydrogen-bond acceptors (Lipinski definition) is 3. The second kappa shape index (κ2) is 5.98. The molecule has 0 fully saturated rings. The Kier molecular flexibility index (Phi) is 3.70. The van der Waals surface area contributed by atoms with Gasteiger partial charge in [-0.1, -0.05) is 47.5 Å². The lowest BCUT2D eigenvalue weighted by Crippen LogP contribution is -1.96. The number of furan rings is 1.